The molecular formula is C12H19F3O. The van der Waals surface area contributed by atoms with Crippen molar-refractivity contribution in [3.63, 3.8) is 0 Å². The molecule has 0 spiro atoms. The van der Waals surface area contributed by atoms with E-state index >= 15 is 0 Å². The van der Waals surface area contributed by atoms with Gasteiger partial charge in [-0.1, -0.05) is 32.9 Å². The Morgan fingerprint density at radius 1 is 1.12 bits per heavy atom. The molecule has 0 aliphatic rings. The Balaban J connectivity index is 0. The molecule has 1 nitrogen and oxygen atoms in total. The van der Waals surface area contributed by atoms with Crippen molar-refractivity contribution in [3.8, 4) is 0 Å². The Kier molecular flexibility index (Phi) is 8.81. The normalized spacial score (nSPS) is 13.0. The number of hydrogen-bond donors (Lipinski definition) is 0. The maximum atomic E-state index is 12.0. The molecule has 0 fully saturated rings. The van der Waals surface area contributed by atoms with E-state index in [-0.39, 0.29) is 5.78 Å². The minimum absolute atomic E-state index is 0.196. The summed E-state index contributed by atoms with van der Waals surface area (Å²) in [5, 5.41) is 0. The molecule has 94 valence electrons. The molecule has 0 aliphatic heterocycles. The van der Waals surface area contributed by atoms with Crippen LogP contribution >= 0.6 is 0 Å². The van der Waals surface area contributed by atoms with Gasteiger partial charge in [0.2, 0.25) is 0 Å². The van der Waals surface area contributed by atoms with Gasteiger partial charge >= 0.3 is 6.18 Å². The third-order valence-electron chi connectivity index (χ3n) is 1.81. The lowest BCUT2D eigenvalue weighted by atomic mass is 10.1. The predicted molar refractivity (Wildman–Crippen MR) is 60.2 cm³/mol. The highest BCUT2D eigenvalue weighted by Crippen LogP contribution is 2.24. The first-order valence-electron chi connectivity index (χ1n) is 5.24. The molecule has 0 unspecified atom stereocenters. The van der Waals surface area contributed by atoms with E-state index in [1.807, 2.05) is 13.8 Å². The molecule has 0 aliphatic carbocycles. The van der Waals surface area contributed by atoms with E-state index < -0.39 is 11.7 Å². The van der Waals surface area contributed by atoms with Crippen molar-refractivity contribution in [1.82, 2.24) is 0 Å². The number of alkyl halides is 3. The highest BCUT2D eigenvalue weighted by atomic mass is 19.4. The van der Waals surface area contributed by atoms with Crippen molar-refractivity contribution in [3.05, 3.63) is 23.3 Å². The fourth-order valence-corrected chi connectivity index (χ4v) is 0.804. The number of ketones is 1. The molecule has 0 aromatic rings. The molecule has 0 heterocycles. The van der Waals surface area contributed by atoms with E-state index in [1.54, 1.807) is 6.92 Å². The van der Waals surface area contributed by atoms with Crippen LogP contribution in [0.25, 0.3) is 0 Å². The van der Waals surface area contributed by atoms with E-state index in [9.17, 15) is 18.0 Å². The Morgan fingerprint density at radius 3 is 1.81 bits per heavy atom. The minimum Gasteiger partial charge on any atom is -0.295 e. The molecule has 16 heavy (non-hydrogen) atoms. The SMILES string of the molecule is CC.CC/C(=C/C=C(\C)C(F)(F)F)C(C)=O. The van der Waals surface area contributed by atoms with E-state index in [0.717, 1.165) is 13.0 Å². The largest absolute Gasteiger partial charge is 0.412 e. The highest BCUT2D eigenvalue weighted by molar-refractivity contribution is 5.93. The first-order chi connectivity index (χ1) is 7.29. The summed E-state index contributed by atoms with van der Waals surface area (Å²) in [5.74, 6) is -0.196. The third kappa shape index (κ3) is 7.26. The van der Waals surface area contributed by atoms with Crippen molar-refractivity contribution in [2.24, 2.45) is 0 Å². The maximum Gasteiger partial charge on any atom is 0.412 e. The molecule has 0 N–H and O–H groups in total. The first-order valence-corrected chi connectivity index (χ1v) is 5.24. The predicted octanol–water partition coefficient (Wildman–Crippen LogP) is 4.45. The average Bonchev–Trinajstić information content (AvgIpc) is 2.19. The molecule has 0 aromatic heterocycles. The van der Waals surface area contributed by atoms with Gasteiger partial charge in [0.15, 0.2) is 5.78 Å². The van der Waals surface area contributed by atoms with Crippen LogP contribution in [-0.2, 0) is 4.79 Å². The topological polar surface area (TPSA) is 17.1 Å². The number of allylic oxidation sites excluding steroid dienone is 4. The molecule has 0 saturated heterocycles. The lowest BCUT2D eigenvalue weighted by molar-refractivity contribution is -0.113. The van der Waals surface area contributed by atoms with E-state index in [4.69, 9.17) is 0 Å². The number of carbonyl (C=O) groups is 1. The number of Topliss-reactive ketones (excluding diaryl/α,β-unsaturated/α-hetero) is 1. The summed E-state index contributed by atoms with van der Waals surface area (Å²) < 4.78 is 36.1. The van der Waals surface area contributed by atoms with Gasteiger partial charge in [-0.05, 0) is 25.8 Å². The van der Waals surface area contributed by atoms with Crippen LogP contribution in [0.5, 0.6) is 0 Å². The quantitative estimate of drug-likeness (QED) is 0.522. The van der Waals surface area contributed by atoms with Crippen molar-refractivity contribution in [1.29, 1.82) is 0 Å². The molecule has 4 heteroatoms. The number of carbonyl (C=O) groups excluding carboxylic acids is 1. The van der Waals surface area contributed by atoms with Gasteiger partial charge in [0.05, 0.1) is 0 Å². The minimum atomic E-state index is -4.31. The summed E-state index contributed by atoms with van der Waals surface area (Å²) in [6.45, 7) is 8.04. The van der Waals surface area contributed by atoms with Crippen LogP contribution in [0.1, 0.15) is 41.0 Å². The van der Waals surface area contributed by atoms with Crippen molar-refractivity contribution in [2.45, 2.75) is 47.2 Å². The molecule has 0 rings (SSSR count). The van der Waals surface area contributed by atoms with Crippen LogP contribution in [0.4, 0.5) is 13.2 Å². The summed E-state index contributed by atoms with van der Waals surface area (Å²) in [6.07, 6.45) is -1.71. The molecule has 0 radical (unpaired) electrons. The molecule has 0 atom stereocenters. The first kappa shape index (κ1) is 17.3. The van der Waals surface area contributed by atoms with Gasteiger partial charge in [-0.2, -0.15) is 13.2 Å². The fourth-order valence-electron chi connectivity index (χ4n) is 0.804. The Morgan fingerprint density at radius 2 is 1.56 bits per heavy atom. The van der Waals surface area contributed by atoms with E-state index in [0.29, 0.717) is 12.0 Å². The van der Waals surface area contributed by atoms with Gasteiger partial charge in [-0.15, -0.1) is 0 Å². The van der Waals surface area contributed by atoms with Crippen LogP contribution in [-0.4, -0.2) is 12.0 Å². The smallest absolute Gasteiger partial charge is 0.295 e. The standard InChI is InChI=1S/C10H13F3O.C2H6/c1-4-9(8(3)14)6-5-7(2)10(11,12)13;1-2/h5-6H,4H2,1-3H3;1-2H3/b7-5+,9-6-;. The number of rotatable bonds is 3. The van der Waals surface area contributed by atoms with Gasteiger partial charge in [0.1, 0.15) is 0 Å². The van der Waals surface area contributed by atoms with Gasteiger partial charge < -0.3 is 0 Å². The van der Waals surface area contributed by atoms with Gasteiger partial charge in [-0.25, -0.2) is 0 Å². The van der Waals surface area contributed by atoms with Crippen LogP contribution in [0.3, 0.4) is 0 Å². The van der Waals surface area contributed by atoms with Gasteiger partial charge in [-0.3, -0.25) is 4.79 Å². The summed E-state index contributed by atoms with van der Waals surface area (Å²) >= 11 is 0. The number of hydrogen-bond acceptors (Lipinski definition) is 1. The average molecular weight is 236 g/mol. The highest BCUT2D eigenvalue weighted by Gasteiger charge is 2.29. The zero-order valence-corrected chi connectivity index (χ0v) is 10.4. The van der Waals surface area contributed by atoms with Crippen LogP contribution in [0.15, 0.2) is 23.3 Å². The second kappa shape index (κ2) is 8.13. The zero-order valence-electron chi connectivity index (χ0n) is 10.4. The summed E-state index contributed by atoms with van der Waals surface area (Å²) in [5.41, 5.74) is -0.307. The molecule has 0 aromatic carbocycles. The van der Waals surface area contributed by atoms with Crippen LogP contribution in [0.2, 0.25) is 0 Å². The second-order valence-corrected chi connectivity index (χ2v) is 2.95. The van der Waals surface area contributed by atoms with Gasteiger partial charge in [0.25, 0.3) is 0 Å². The third-order valence-corrected chi connectivity index (χ3v) is 1.81. The Bertz CT molecular complexity index is 272. The second-order valence-electron chi connectivity index (χ2n) is 2.95. The molecule has 0 saturated carbocycles. The van der Waals surface area contributed by atoms with Crippen molar-refractivity contribution < 1.29 is 18.0 Å². The van der Waals surface area contributed by atoms with Crippen molar-refractivity contribution in [2.75, 3.05) is 0 Å². The summed E-state index contributed by atoms with van der Waals surface area (Å²) in [7, 11) is 0. The lowest BCUT2D eigenvalue weighted by Gasteiger charge is -2.04. The van der Waals surface area contributed by atoms with E-state index in [2.05, 4.69) is 0 Å². The maximum absolute atomic E-state index is 12.0. The van der Waals surface area contributed by atoms with Crippen LogP contribution in [0, 0.1) is 0 Å². The van der Waals surface area contributed by atoms with Gasteiger partial charge in [0, 0.05) is 5.57 Å². The summed E-state index contributed by atoms with van der Waals surface area (Å²) in [4.78, 5) is 10.9. The lowest BCUT2D eigenvalue weighted by Crippen LogP contribution is -2.08. The van der Waals surface area contributed by atoms with Crippen LogP contribution < -0.4 is 0 Å². The summed E-state index contributed by atoms with van der Waals surface area (Å²) in [6, 6.07) is 0. The fraction of sp³-hybridized carbons (Fsp3) is 0.583. The Labute approximate surface area is 95.0 Å². The molecule has 0 amide bonds. The van der Waals surface area contributed by atoms with Crippen molar-refractivity contribution >= 4 is 5.78 Å². The Hall–Kier alpha value is -1.06. The molecular weight excluding hydrogens is 217 g/mol. The monoisotopic (exact) mass is 236 g/mol. The van der Waals surface area contributed by atoms with E-state index in [1.165, 1.54) is 13.0 Å². The molecule has 0 bridgehead atoms. The zero-order chi connectivity index (χ0) is 13.4. The number of halogens is 3.